The van der Waals surface area contributed by atoms with Crippen LogP contribution in [0, 0.1) is 5.92 Å². The molecule has 2 aliphatic rings. The van der Waals surface area contributed by atoms with Crippen molar-refractivity contribution in [2.45, 2.75) is 45.4 Å². The maximum Gasteiger partial charge on any atom is 0.0678 e. The van der Waals surface area contributed by atoms with Crippen molar-refractivity contribution in [3.05, 3.63) is 30.1 Å². The predicted molar refractivity (Wildman–Crippen MR) is 88.7 cm³/mol. The van der Waals surface area contributed by atoms with E-state index in [0.29, 0.717) is 12.2 Å². The van der Waals surface area contributed by atoms with Gasteiger partial charge in [-0.1, -0.05) is 6.07 Å². The molecule has 2 fully saturated rings. The molecular formula is C18H29N3O. The highest BCUT2D eigenvalue weighted by Crippen LogP contribution is 2.21. The van der Waals surface area contributed by atoms with Crippen LogP contribution >= 0.6 is 0 Å². The Morgan fingerprint density at radius 2 is 1.86 bits per heavy atom. The molecule has 1 aromatic rings. The number of pyridine rings is 1. The van der Waals surface area contributed by atoms with Gasteiger partial charge in [-0.15, -0.1) is 0 Å². The molecule has 1 aromatic heterocycles. The van der Waals surface area contributed by atoms with Gasteiger partial charge in [-0.05, 0) is 57.3 Å². The number of morpholine rings is 1. The highest BCUT2D eigenvalue weighted by molar-refractivity contribution is 5.08. The summed E-state index contributed by atoms with van der Waals surface area (Å²) in [4.78, 5) is 9.39. The molecule has 4 heteroatoms. The highest BCUT2D eigenvalue weighted by Gasteiger charge is 2.26. The number of piperidine rings is 1. The summed E-state index contributed by atoms with van der Waals surface area (Å²) in [5, 5.41) is 0. The molecule has 3 heterocycles. The SMILES string of the molecule is C[C@H]1CN(CC2CCN(Cc3cccnc3)CC2)C[C@H](C)O1. The van der Waals surface area contributed by atoms with Gasteiger partial charge in [-0.25, -0.2) is 0 Å². The monoisotopic (exact) mass is 303 g/mol. The molecule has 0 aliphatic carbocycles. The average Bonchev–Trinajstić information content (AvgIpc) is 2.49. The minimum absolute atomic E-state index is 0.384. The molecular weight excluding hydrogens is 274 g/mol. The quantitative estimate of drug-likeness (QED) is 0.854. The van der Waals surface area contributed by atoms with Crippen molar-refractivity contribution in [2.24, 2.45) is 5.92 Å². The van der Waals surface area contributed by atoms with Crippen LogP contribution in [0.15, 0.2) is 24.5 Å². The smallest absolute Gasteiger partial charge is 0.0678 e. The number of ether oxygens (including phenoxy) is 1. The average molecular weight is 303 g/mol. The largest absolute Gasteiger partial charge is 0.373 e. The van der Waals surface area contributed by atoms with Crippen molar-refractivity contribution >= 4 is 0 Å². The standard InChI is InChI=1S/C18H29N3O/c1-15-11-21(12-16(2)22-15)13-17-5-8-20(9-6-17)14-18-4-3-7-19-10-18/h3-4,7,10,15-17H,5-6,8-9,11-14H2,1-2H3/t15-,16-/m0/s1. The molecule has 122 valence electrons. The van der Waals surface area contributed by atoms with E-state index in [1.165, 1.54) is 38.0 Å². The molecule has 0 amide bonds. The number of likely N-dealkylation sites (tertiary alicyclic amines) is 1. The Balaban J connectivity index is 1.42. The van der Waals surface area contributed by atoms with E-state index in [1.807, 2.05) is 18.5 Å². The topological polar surface area (TPSA) is 28.6 Å². The van der Waals surface area contributed by atoms with Crippen LogP contribution in [0.3, 0.4) is 0 Å². The molecule has 0 spiro atoms. The fraction of sp³-hybridized carbons (Fsp3) is 0.722. The van der Waals surface area contributed by atoms with Gasteiger partial charge >= 0.3 is 0 Å². The van der Waals surface area contributed by atoms with Crippen molar-refractivity contribution in [2.75, 3.05) is 32.7 Å². The summed E-state index contributed by atoms with van der Waals surface area (Å²) >= 11 is 0. The fourth-order valence-electron chi connectivity index (χ4n) is 3.88. The van der Waals surface area contributed by atoms with Gasteiger partial charge in [0.05, 0.1) is 12.2 Å². The Labute approximate surface area is 134 Å². The number of hydrogen-bond donors (Lipinski definition) is 0. The second kappa shape index (κ2) is 7.53. The van der Waals surface area contributed by atoms with Gasteiger partial charge < -0.3 is 4.74 Å². The summed E-state index contributed by atoms with van der Waals surface area (Å²) in [5.74, 6) is 0.850. The molecule has 0 aromatic carbocycles. The van der Waals surface area contributed by atoms with Crippen LogP contribution in [-0.2, 0) is 11.3 Å². The van der Waals surface area contributed by atoms with Crippen LogP contribution in [0.25, 0.3) is 0 Å². The van der Waals surface area contributed by atoms with E-state index in [9.17, 15) is 0 Å². The third kappa shape index (κ3) is 4.51. The molecule has 2 saturated heterocycles. The third-order valence-corrected chi connectivity index (χ3v) is 4.85. The molecule has 0 unspecified atom stereocenters. The van der Waals surface area contributed by atoms with Crippen molar-refractivity contribution < 1.29 is 4.74 Å². The van der Waals surface area contributed by atoms with Crippen LogP contribution in [-0.4, -0.2) is 59.7 Å². The lowest BCUT2D eigenvalue weighted by Crippen LogP contribution is -2.48. The van der Waals surface area contributed by atoms with Crippen molar-refractivity contribution in [3.8, 4) is 0 Å². The first-order valence-electron chi connectivity index (χ1n) is 8.68. The van der Waals surface area contributed by atoms with Crippen LogP contribution in [0.5, 0.6) is 0 Å². The maximum absolute atomic E-state index is 5.83. The molecule has 2 atom stereocenters. The second-order valence-corrected chi connectivity index (χ2v) is 7.06. The van der Waals surface area contributed by atoms with Crippen LogP contribution in [0.2, 0.25) is 0 Å². The summed E-state index contributed by atoms with van der Waals surface area (Å²) in [7, 11) is 0. The van der Waals surface area contributed by atoms with Gasteiger partial charge in [-0.2, -0.15) is 0 Å². The van der Waals surface area contributed by atoms with E-state index >= 15 is 0 Å². The molecule has 0 bridgehead atoms. The lowest BCUT2D eigenvalue weighted by atomic mass is 9.95. The van der Waals surface area contributed by atoms with Crippen molar-refractivity contribution in [3.63, 3.8) is 0 Å². The summed E-state index contributed by atoms with van der Waals surface area (Å²) in [5.41, 5.74) is 1.33. The normalized spacial score (nSPS) is 28.8. The zero-order valence-electron chi connectivity index (χ0n) is 13.9. The first-order valence-corrected chi connectivity index (χ1v) is 8.68. The Kier molecular flexibility index (Phi) is 5.45. The molecule has 0 N–H and O–H groups in total. The van der Waals surface area contributed by atoms with Gasteiger partial charge in [0.25, 0.3) is 0 Å². The van der Waals surface area contributed by atoms with Crippen molar-refractivity contribution in [1.29, 1.82) is 0 Å². The van der Waals surface area contributed by atoms with E-state index in [-0.39, 0.29) is 0 Å². The maximum atomic E-state index is 5.83. The van der Waals surface area contributed by atoms with Gasteiger partial charge in [0, 0.05) is 38.6 Å². The van der Waals surface area contributed by atoms with E-state index in [0.717, 1.165) is 25.6 Å². The van der Waals surface area contributed by atoms with E-state index < -0.39 is 0 Å². The zero-order chi connectivity index (χ0) is 15.4. The predicted octanol–water partition coefficient (Wildman–Crippen LogP) is 2.40. The minimum Gasteiger partial charge on any atom is -0.373 e. The Morgan fingerprint density at radius 1 is 1.14 bits per heavy atom. The third-order valence-electron chi connectivity index (χ3n) is 4.85. The van der Waals surface area contributed by atoms with E-state index in [4.69, 9.17) is 4.74 Å². The second-order valence-electron chi connectivity index (χ2n) is 7.06. The van der Waals surface area contributed by atoms with Gasteiger partial charge in [0.1, 0.15) is 0 Å². The molecule has 2 aliphatic heterocycles. The summed E-state index contributed by atoms with van der Waals surface area (Å²) in [6.07, 6.45) is 7.24. The Hall–Kier alpha value is -0.970. The van der Waals surface area contributed by atoms with Crippen molar-refractivity contribution in [1.82, 2.24) is 14.8 Å². The number of hydrogen-bond acceptors (Lipinski definition) is 4. The van der Waals surface area contributed by atoms with Gasteiger partial charge in [0.15, 0.2) is 0 Å². The minimum atomic E-state index is 0.384. The Morgan fingerprint density at radius 3 is 2.50 bits per heavy atom. The highest BCUT2D eigenvalue weighted by atomic mass is 16.5. The Bertz CT molecular complexity index is 435. The van der Waals surface area contributed by atoms with E-state index in [1.54, 1.807) is 0 Å². The van der Waals surface area contributed by atoms with E-state index in [2.05, 4.69) is 34.7 Å². The lowest BCUT2D eigenvalue weighted by molar-refractivity contribution is -0.0732. The number of aromatic nitrogens is 1. The molecule has 3 rings (SSSR count). The van der Waals surface area contributed by atoms with Crippen LogP contribution in [0.4, 0.5) is 0 Å². The molecule has 0 saturated carbocycles. The molecule has 4 nitrogen and oxygen atoms in total. The zero-order valence-corrected chi connectivity index (χ0v) is 13.9. The van der Waals surface area contributed by atoms with Crippen LogP contribution in [0.1, 0.15) is 32.3 Å². The van der Waals surface area contributed by atoms with Crippen LogP contribution < -0.4 is 0 Å². The summed E-state index contributed by atoms with van der Waals surface area (Å²) < 4.78 is 5.83. The van der Waals surface area contributed by atoms with Gasteiger partial charge in [-0.3, -0.25) is 14.8 Å². The summed E-state index contributed by atoms with van der Waals surface area (Å²) in [6.45, 7) is 11.3. The summed E-state index contributed by atoms with van der Waals surface area (Å²) in [6, 6.07) is 4.21. The molecule has 0 radical (unpaired) electrons. The fourth-order valence-corrected chi connectivity index (χ4v) is 3.88. The first-order chi connectivity index (χ1) is 10.7. The number of nitrogens with zero attached hydrogens (tertiary/aromatic N) is 3. The molecule has 22 heavy (non-hydrogen) atoms. The van der Waals surface area contributed by atoms with Gasteiger partial charge in [0.2, 0.25) is 0 Å². The lowest BCUT2D eigenvalue weighted by Gasteiger charge is -2.39. The number of rotatable bonds is 4. The first kappa shape index (κ1) is 15.9.